The maximum atomic E-state index is 15.5. The molecule has 4 aromatic carbocycles. The van der Waals surface area contributed by atoms with Gasteiger partial charge in [0.2, 0.25) is 15.9 Å². The van der Waals surface area contributed by atoms with E-state index in [1.807, 2.05) is 12.1 Å². The van der Waals surface area contributed by atoms with Crippen molar-refractivity contribution in [1.82, 2.24) is 4.31 Å². The van der Waals surface area contributed by atoms with Crippen LogP contribution in [0.2, 0.25) is 5.02 Å². The summed E-state index contributed by atoms with van der Waals surface area (Å²) in [6, 6.07) is 11.0. The highest BCUT2D eigenvalue weighted by atomic mass is 35.5. The first-order valence-corrected chi connectivity index (χ1v) is 19.6. The van der Waals surface area contributed by atoms with Gasteiger partial charge in [-0.1, -0.05) is 35.9 Å². The molecule has 0 aliphatic heterocycles. The van der Waals surface area contributed by atoms with Gasteiger partial charge >= 0.3 is 5.97 Å². The van der Waals surface area contributed by atoms with Crippen LogP contribution in [0.25, 0.3) is 0 Å². The molecule has 4 aromatic rings. The van der Waals surface area contributed by atoms with Crippen molar-refractivity contribution < 1.29 is 49.8 Å². The van der Waals surface area contributed by atoms with Crippen LogP contribution in [0.15, 0.2) is 59.5 Å². The van der Waals surface area contributed by atoms with Crippen molar-refractivity contribution in [2.75, 3.05) is 4.90 Å². The van der Waals surface area contributed by atoms with E-state index in [1.54, 1.807) is 0 Å². The zero-order valence-corrected chi connectivity index (χ0v) is 31.3. The second kappa shape index (κ2) is 14.8. The molecular weight excluding hydrogens is 767 g/mol. The number of amides is 1. The molecule has 55 heavy (non-hydrogen) atoms. The van der Waals surface area contributed by atoms with Crippen molar-refractivity contribution in [3.8, 4) is 5.75 Å². The standard InChI is InChI=1S/C40H36ClF5N2O6S/c1-20-34(43)36(45)38(37(46)35(20)44)55(52,53)48(19-26-7-9-29(42)17-31(26)41)21(2)39(49)47(32-12-8-25(40(50)51)16-33(32)54-30-10-11-30)18-22-13-27(23-3-4-23)15-28(14-22)24-5-6-24/h7-9,12-17,21,23-24,30H,3-6,10-11,18-19H2,1-2H3,(H,50,51)/t21-/m1/s1. The maximum Gasteiger partial charge on any atom is 0.335 e. The second-order valence-electron chi connectivity index (χ2n) is 14.5. The number of anilines is 1. The number of nitrogens with zero attached hydrogens (tertiary/aromatic N) is 2. The summed E-state index contributed by atoms with van der Waals surface area (Å²) in [5.41, 5.74) is 1.60. The number of aromatic carboxylic acids is 1. The van der Waals surface area contributed by atoms with Gasteiger partial charge < -0.3 is 14.7 Å². The van der Waals surface area contributed by atoms with Gasteiger partial charge in [-0.25, -0.2) is 35.2 Å². The molecule has 8 nitrogen and oxygen atoms in total. The Morgan fingerprint density at radius 1 is 0.836 bits per heavy atom. The van der Waals surface area contributed by atoms with Crippen molar-refractivity contribution in [3.63, 3.8) is 0 Å². The summed E-state index contributed by atoms with van der Waals surface area (Å²) < 4.78 is 110. The van der Waals surface area contributed by atoms with Gasteiger partial charge in [-0.2, -0.15) is 4.31 Å². The van der Waals surface area contributed by atoms with Crippen LogP contribution in [0.1, 0.15) is 95.5 Å². The molecule has 3 saturated carbocycles. The third kappa shape index (κ3) is 7.94. The zero-order valence-electron chi connectivity index (χ0n) is 29.7. The topological polar surface area (TPSA) is 104 Å². The molecule has 0 aromatic heterocycles. The number of hydrogen-bond acceptors (Lipinski definition) is 5. The summed E-state index contributed by atoms with van der Waals surface area (Å²) in [6.07, 6.45) is 5.04. The molecule has 1 N–H and O–H groups in total. The molecule has 0 bridgehead atoms. The third-order valence-electron chi connectivity index (χ3n) is 10.2. The maximum absolute atomic E-state index is 15.5. The predicted molar refractivity (Wildman–Crippen MR) is 193 cm³/mol. The van der Waals surface area contributed by atoms with Crippen molar-refractivity contribution in [3.05, 3.63) is 122 Å². The molecule has 1 atom stereocenters. The molecule has 0 saturated heterocycles. The number of carbonyl (C=O) groups excluding carboxylic acids is 1. The van der Waals surface area contributed by atoms with Crippen LogP contribution >= 0.6 is 11.6 Å². The van der Waals surface area contributed by atoms with E-state index in [0.717, 1.165) is 68.9 Å². The van der Waals surface area contributed by atoms with Crippen LogP contribution in [0, 0.1) is 36.0 Å². The van der Waals surface area contributed by atoms with E-state index < -0.39 is 74.0 Å². The number of sulfonamides is 1. The van der Waals surface area contributed by atoms with Gasteiger partial charge in [0.25, 0.3) is 0 Å². The molecule has 290 valence electrons. The molecule has 0 heterocycles. The van der Waals surface area contributed by atoms with E-state index in [-0.39, 0.29) is 40.2 Å². The summed E-state index contributed by atoms with van der Waals surface area (Å²) in [7, 11) is -5.64. The molecule has 3 aliphatic rings. The summed E-state index contributed by atoms with van der Waals surface area (Å²) in [5.74, 6) is -10.6. The lowest BCUT2D eigenvalue weighted by molar-refractivity contribution is -0.122. The highest BCUT2D eigenvalue weighted by Crippen LogP contribution is 2.46. The summed E-state index contributed by atoms with van der Waals surface area (Å²) in [5, 5.41) is 9.49. The zero-order chi connectivity index (χ0) is 39.5. The Morgan fingerprint density at radius 3 is 1.96 bits per heavy atom. The van der Waals surface area contributed by atoms with E-state index in [4.69, 9.17) is 16.3 Å². The predicted octanol–water partition coefficient (Wildman–Crippen LogP) is 9.15. The van der Waals surface area contributed by atoms with Crippen LogP contribution in [0.4, 0.5) is 27.6 Å². The minimum atomic E-state index is -5.64. The fourth-order valence-electron chi connectivity index (χ4n) is 6.60. The number of carboxylic acids is 1. The highest BCUT2D eigenvalue weighted by molar-refractivity contribution is 7.89. The lowest BCUT2D eigenvalue weighted by Gasteiger charge is -2.33. The molecule has 15 heteroatoms. The Bertz CT molecular complexity index is 2270. The van der Waals surface area contributed by atoms with Crippen LogP contribution in [-0.2, 0) is 27.9 Å². The fourth-order valence-corrected chi connectivity index (χ4v) is 8.51. The molecule has 1 amide bonds. The largest absolute Gasteiger partial charge is 0.488 e. The van der Waals surface area contributed by atoms with E-state index in [1.165, 1.54) is 23.1 Å². The number of benzene rings is 4. The van der Waals surface area contributed by atoms with Crippen molar-refractivity contribution in [2.45, 2.75) is 94.3 Å². The lowest BCUT2D eigenvalue weighted by atomic mass is 9.99. The van der Waals surface area contributed by atoms with Crippen molar-refractivity contribution in [1.29, 1.82) is 0 Å². The Morgan fingerprint density at radius 2 is 1.44 bits per heavy atom. The van der Waals surface area contributed by atoms with Crippen LogP contribution in [0.3, 0.4) is 0 Å². The quantitative estimate of drug-likeness (QED) is 0.101. The van der Waals surface area contributed by atoms with Gasteiger partial charge in [0.05, 0.1) is 23.9 Å². The lowest BCUT2D eigenvalue weighted by Crippen LogP contribution is -2.49. The number of halogens is 6. The molecule has 3 aliphatic carbocycles. The first-order chi connectivity index (χ1) is 26.0. The normalized spacial score (nSPS) is 16.3. The van der Waals surface area contributed by atoms with Crippen molar-refractivity contribution >= 4 is 39.2 Å². The second-order valence-corrected chi connectivity index (χ2v) is 16.7. The average Bonchev–Trinajstić information content (AvgIpc) is 3.98. The molecule has 7 rings (SSSR count). The number of carbonyl (C=O) groups is 2. The number of carboxylic acid groups (broad SMARTS) is 1. The van der Waals surface area contributed by atoms with E-state index in [9.17, 15) is 31.5 Å². The minimum Gasteiger partial charge on any atom is -0.488 e. The molecular formula is C40H36ClF5N2O6S. The van der Waals surface area contributed by atoms with Gasteiger partial charge in [-0.05, 0) is 117 Å². The fraction of sp³-hybridized carbons (Fsp3) is 0.350. The third-order valence-corrected chi connectivity index (χ3v) is 12.5. The summed E-state index contributed by atoms with van der Waals surface area (Å²) >= 11 is 6.27. The molecule has 3 fully saturated rings. The highest BCUT2D eigenvalue weighted by Gasteiger charge is 2.42. The van der Waals surface area contributed by atoms with E-state index in [2.05, 4.69) is 6.07 Å². The summed E-state index contributed by atoms with van der Waals surface area (Å²) in [4.78, 5) is 26.3. The van der Waals surface area contributed by atoms with Gasteiger partial charge in [0.1, 0.15) is 17.6 Å². The Kier molecular flexibility index (Phi) is 10.5. The molecule has 0 radical (unpaired) electrons. The smallest absolute Gasteiger partial charge is 0.335 e. The van der Waals surface area contributed by atoms with E-state index >= 15 is 13.6 Å². The number of ether oxygens (including phenoxy) is 1. The molecule has 0 spiro atoms. The van der Waals surface area contributed by atoms with Crippen LogP contribution in [-0.4, -0.2) is 41.9 Å². The first-order valence-electron chi connectivity index (χ1n) is 17.8. The van der Waals surface area contributed by atoms with E-state index in [0.29, 0.717) is 34.5 Å². The van der Waals surface area contributed by atoms with Gasteiger partial charge in [0, 0.05) is 17.1 Å². The van der Waals surface area contributed by atoms with Gasteiger partial charge in [-0.15, -0.1) is 0 Å². The number of hydrogen-bond donors (Lipinski definition) is 1. The SMILES string of the molecule is Cc1c(F)c(F)c(S(=O)(=O)N(Cc2ccc(F)cc2Cl)[C@H](C)C(=O)N(Cc2cc(C3CC3)cc(C3CC3)c2)c2ccc(C(=O)O)cc2OC2CC2)c(F)c1F. The molecule has 0 unspecified atom stereocenters. The minimum absolute atomic E-state index is 0.0273. The summed E-state index contributed by atoms with van der Waals surface area (Å²) in [6.45, 7) is 0.810. The Hall–Kier alpha value is -4.53. The Labute approximate surface area is 319 Å². The van der Waals surface area contributed by atoms with Crippen LogP contribution < -0.4 is 9.64 Å². The monoisotopic (exact) mass is 802 g/mol. The van der Waals surface area contributed by atoms with Crippen molar-refractivity contribution in [2.24, 2.45) is 0 Å². The van der Waals surface area contributed by atoms with Gasteiger partial charge in [0.15, 0.2) is 28.2 Å². The number of rotatable bonds is 14. The van der Waals surface area contributed by atoms with Crippen LogP contribution in [0.5, 0.6) is 5.75 Å². The average molecular weight is 803 g/mol. The van der Waals surface area contributed by atoms with Gasteiger partial charge in [-0.3, -0.25) is 4.79 Å². The Balaban J connectivity index is 1.38. The first kappa shape index (κ1) is 38.7.